The monoisotopic (exact) mass is 446 g/mol. The lowest BCUT2D eigenvalue weighted by molar-refractivity contribution is -0.122. The Morgan fingerprint density at radius 3 is 2.44 bits per heavy atom. The van der Waals surface area contributed by atoms with E-state index in [0.29, 0.717) is 50.2 Å². The zero-order valence-corrected chi connectivity index (χ0v) is 18.8. The number of anilines is 2. The fourth-order valence-corrected chi connectivity index (χ4v) is 5.35. The van der Waals surface area contributed by atoms with Crippen LogP contribution in [-0.2, 0) is 16.6 Å². The van der Waals surface area contributed by atoms with Crippen molar-refractivity contribution in [1.82, 2.24) is 9.47 Å². The molecule has 3 aliphatic rings. The fraction of sp³-hybridized carbons (Fsp3) is 0.565. The van der Waals surface area contributed by atoms with Gasteiger partial charge in [-0.3, -0.25) is 14.5 Å². The summed E-state index contributed by atoms with van der Waals surface area (Å²) in [6.07, 6.45) is 1.23. The van der Waals surface area contributed by atoms with Crippen molar-refractivity contribution in [2.24, 2.45) is 7.05 Å². The summed E-state index contributed by atoms with van der Waals surface area (Å²) in [6, 6.07) is 0.714. The minimum atomic E-state index is -0.740. The van der Waals surface area contributed by atoms with Crippen LogP contribution < -0.4 is 15.4 Å². The summed E-state index contributed by atoms with van der Waals surface area (Å²) in [4.78, 5) is 33.0. The molecule has 2 fully saturated rings. The van der Waals surface area contributed by atoms with Gasteiger partial charge in [-0.25, -0.2) is 8.78 Å². The van der Waals surface area contributed by atoms with Crippen molar-refractivity contribution in [3.63, 3.8) is 0 Å². The number of carbonyl (C=O) groups excluding carboxylic acids is 1. The molecule has 5 rings (SSSR count). The molecule has 172 valence electrons. The fourth-order valence-electron chi connectivity index (χ4n) is 5.35. The number of fused-ring (bicyclic) bond motifs is 5. The largest absolute Gasteiger partial charge is 0.381 e. The van der Waals surface area contributed by atoms with E-state index in [9.17, 15) is 14.0 Å². The number of carbonyl (C=O) groups is 1. The molecule has 0 saturated carbocycles. The van der Waals surface area contributed by atoms with Crippen LogP contribution in [0.2, 0.25) is 0 Å². The number of benzene rings is 1. The molecule has 0 N–H and O–H groups in total. The van der Waals surface area contributed by atoms with Gasteiger partial charge in [0.25, 0.3) is 11.5 Å². The first-order valence-electron chi connectivity index (χ1n) is 11.1. The predicted octanol–water partition coefficient (Wildman–Crippen LogP) is 2.16. The molecular weight excluding hydrogens is 418 g/mol. The SMILES string of the molecule is Cc1c(F)cc2c3c(c(=O)n(C)c2c1F)N(C1CCOCC1)C(=O)C1CN(C)C(C)CN31. The minimum Gasteiger partial charge on any atom is -0.381 e. The van der Waals surface area contributed by atoms with Gasteiger partial charge in [-0.1, -0.05) is 0 Å². The standard InChI is InChI=1S/C23H28F2N4O3/c1-12-10-28-17(11-26(12)3)22(30)29(14-5-7-32-8-6-14)21-20(28)15-9-16(24)13(2)18(25)19(15)27(4)23(21)31/h9,12,14,17H,5-8,10-11H2,1-4H3. The van der Waals surface area contributed by atoms with Gasteiger partial charge in [0.2, 0.25) is 0 Å². The van der Waals surface area contributed by atoms with Crippen LogP contribution in [-0.4, -0.2) is 66.9 Å². The van der Waals surface area contributed by atoms with E-state index in [1.54, 1.807) is 4.90 Å². The van der Waals surface area contributed by atoms with E-state index >= 15 is 4.39 Å². The molecule has 2 unspecified atom stereocenters. The third kappa shape index (κ3) is 2.90. The molecule has 0 radical (unpaired) electrons. The number of amides is 1. The zero-order valence-electron chi connectivity index (χ0n) is 18.8. The lowest BCUT2D eigenvalue weighted by Crippen LogP contribution is -2.67. The second-order valence-electron chi connectivity index (χ2n) is 9.26. The van der Waals surface area contributed by atoms with Crippen LogP contribution in [0.25, 0.3) is 10.9 Å². The highest BCUT2D eigenvalue weighted by atomic mass is 19.1. The molecule has 0 aliphatic carbocycles. The number of piperazine rings is 1. The average Bonchev–Trinajstić information content (AvgIpc) is 2.77. The number of aromatic nitrogens is 1. The van der Waals surface area contributed by atoms with E-state index in [0.717, 1.165) is 0 Å². The summed E-state index contributed by atoms with van der Waals surface area (Å²) >= 11 is 0. The van der Waals surface area contributed by atoms with E-state index in [1.165, 1.54) is 24.6 Å². The number of aryl methyl sites for hydroxylation is 1. The topological polar surface area (TPSA) is 58.0 Å². The van der Waals surface area contributed by atoms with Crippen molar-refractivity contribution in [1.29, 1.82) is 0 Å². The molecule has 2 atom stereocenters. The van der Waals surface area contributed by atoms with Gasteiger partial charge in [0.15, 0.2) is 5.82 Å². The lowest BCUT2D eigenvalue weighted by Gasteiger charge is -2.51. The summed E-state index contributed by atoms with van der Waals surface area (Å²) in [5.41, 5.74) is 0.204. The quantitative estimate of drug-likeness (QED) is 0.672. The molecule has 1 amide bonds. The summed E-state index contributed by atoms with van der Waals surface area (Å²) in [5.74, 6) is -1.53. The Balaban J connectivity index is 1.86. The van der Waals surface area contributed by atoms with Gasteiger partial charge in [0.05, 0.1) is 11.2 Å². The second kappa shape index (κ2) is 7.52. The maximum atomic E-state index is 15.2. The molecule has 1 aromatic heterocycles. The van der Waals surface area contributed by atoms with E-state index in [4.69, 9.17) is 4.74 Å². The van der Waals surface area contributed by atoms with Gasteiger partial charge in [0, 0.05) is 56.4 Å². The first kappa shape index (κ1) is 21.3. The average molecular weight is 446 g/mol. The first-order chi connectivity index (χ1) is 15.2. The van der Waals surface area contributed by atoms with Crippen LogP contribution in [0.3, 0.4) is 0 Å². The molecule has 7 nitrogen and oxygen atoms in total. The van der Waals surface area contributed by atoms with Gasteiger partial charge in [0.1, 0.15) is 17.5 Å². The Hall–Kier alpha value is -2.52. The Kier molecular flexibility index (Phi) is 5.01. The van der Waals surface area contributed by atoms with Crippen LogP contribution in [0.5, 0.6) is 0 Å². The molecule has 2 aromatic rings. The Morgan fingerprint density at radius 1 is 1.06 bits per heavy atom. The van der Waals surface area contributed by atoms with Crippen LogP contribution in [0, 0.1) is 18.6 Å². The molecular formula is C23H28F2N4O3. The normalized spacial score (nSPS) is 24.8. The van der Waals surface area contributed by atoms with Gasteiger partial charge in [-0.15, -0.1) is 0 Å². The summed E-state index contributed by atoms with van der Waals surface area (Å²) < 4.78 is 36.7. The predicted molar refractivity (Wildman–Crippen MR) is 118 cm³/mol. The minimum absolute atomic E-state index is 0.0688. The molecule has 3 aliphatic heterocycles. The summed E-state index contributed by atoms with van der Waals surface area (Å²) in [7, 11) is 3.45. The number of rotatable bonds is 1. The Morgan fingerprint density at radius 2 is 1.75 bits per heavy atom. The number of ether oxygens (including phenoxy) is 1. The maximum Gasteiger partial charge on any atom is 0.277 e. The smallest absolute Gasteiger partial charge is 0.277 e. The number of halogens is 2. The number of likely N-dealkylation sites (N-methyl/N-ethyl adjacent to an activating group) is 1. The molecule has 9 heteroatoms. The second-order valence-corrected chi connectivity index (χ2v) is 9.26. The van der Waals surface area contributed by atoms with Crippen molar-refractivity contribution >= 4 is 28.2 Å². The lowest BCUT2D eigenvalue weighted by atomic mass is 9.95. The number of nitrogens with zero attached hydrogens (tertiary/aromatic N) is 4. The molecule has 32 heavy (non-hydrogen) atoms. The van der Waals surface area contributed by atoms with Crippen LogP contribution in [0.15, 0.2) is 10.9 Å². The Labute approximate surface area is 185 Å². The molecule has 2 saturated heterocycles. The number of hydrogen-bond donors (Lipinski definition) is 0. The third-order valence-electron chi connectivity index (χ3n) is 7.40. The maximum absolute atomic E-state index is 15.2. The number of hydrogen-bond acceptors (Lipinski definition) is 5. The van der Waals surface area contributed by atoms with Crippen molar-refractivity contribution in [2.45, 2.75) is 44.8 Å². The first-order valence-corrected chi connectivity index (χ1v) is 11.1. The summed E-state index contributed by atoms with van der Waals surface area (Å²) in [5, 5.41) is 0.328. The van der Waals surface area contributed by atoms with E-state index in [-0.39, 0.29) is 34.8 Å². The zero-order chi connectivity index (χ0) is 22.9. The van der Waals surface area contributed by atoms with E-state index in [1.807, 2.05) is 18.9 Å². The van der Waals surface area contributed by atoms with Crippen molar-refractivity contribution < 1.29 is 18.3 Å². The third-order valence-corrected chi connectivity index (χ3v) is 7.40. The van der Waals surface area contributed by atoms with Gasteiger partial charge < -0.3 is 19.1 Å². The van der Waals surface area contributed by atoms with Crippen LogP contribution in [0.4, 0.5) is 20.2 Å². The Bertz CT molecular complexity index is 1170. The van der Waals surface area contributed by atoms with Gasteiger partial charge in [-0.2, -0.15) is 0 Å². The highest BCUT2D eigenvalue weighted by Crippen LogP contribution is 2.43. The summed E-state index contributed by atoms with van der Waals surface area (Å²) in [6.45, 7) is 5.39. The van der Waals surface area contributed by atoms with Crippen molar-refractivity contribution in [2.75, 3.05) is 43.2 Å². The molecule has 4 heterocycles. The highest BCUT2D eigenvalue weighted by molar-refractivity contribution is 6.12. The highest BCUT2D eigenvalue weighted by Gasteiger charge is 2.47. The van der Waals surface area contributed by atoms with E-state index < -0.39 is 23.2 Å². The van der Waals surface area contributed by atoms with Crippen LogP contribution in [0.1, 0.15) is 25.3 Å². The van der Waals surface area contributed by atoms with Crippen molar-refractivity contribution in [3.05, 3.63) is 33.6 Å². The van der Waals surface area contributed by atoms with Crippen LogP contribution >= 0.6 is 0 Å². The van der Waals surface area contributed by atoms with Gasteiger partial charge >= 0.3 is 0 Å². The molecule has 1 aromatic carbocycles. The van der Waals surface area contributed by atoms with E-state index in [2.05, 4.69) is 4.90 Å². The molecule has 0 spiro atoms. The number of pyridine rings is 1. The molecule has 0 bridgehead atoms. The van der Waals surface area contributed by atoms with Gasteiger partial charge in [-0.05, 0) is 39.8 Å². The van der Waals surface area contributed by atoms with Crippen molar-refractivity contribution in [3.8, 4) is 0 Å².